The fraction of sp³-hybridized carbons (Fsp3) is 0.444. The SMILES string of the molecule is CCCCCCn1c(COc2ccccc2F)nnc1SCC(=O)N[C@H](C)CCc1ccccc1. The highest BCUT2D eigenvalue weighted by atomic mass is 32.2. The van der Waals surface area contributed by atoms with Crippen LogP contribution in [-0.4, -0.2) is 32.5 Å². The van der Waals surface area contributed by atoms with Crippen molar-refractivity contribution in [2.24, 2.45) is 0 Å². The van der Waals surface area contributed by atoms with Gasteiger partial charge in [0, 0.05) is 12.6 Å². The number of nitrogens with one attached hydrogen (secondary N) is 1. The number of hydrogen-bond donors (Lipinski definition) is 1. The van der Waals surface area contributed by atoms with Gasteiger partial charge in [-0.15, -0.1) is 10.2 Å². The summed E-state index contributed by atoms with van der Waals surface area (Å²) in [5.41, 5.74) is 1.27. The third-order valence-electron chi connectivity index (χ3n) is 5.67. The molecular formula is C27H35FN4O2S. The van der Waals surface area contributed by atoms with E-state index in [0.29, 0.717) is 11.0 Å². The van der Waals surface area contributed by atoms with Gasteiger partial charge in [0.1, 0.15) is 6.61 Å². The number of carbonyl (C=O) groups excluding carboxylic acids is 1. The van der Waals surface area contributed by atoms with E-state index in [4.69, 9.17) is 4.74 Å². The minimum Gasteiger partial charge on any atom is -0.483 e. The van der Waals surface area contributed by atoms with E-state index in [1.807, 2.05) is 29.7 Å². The topological polar surface area (TPSA) is 69.0 Å². The van der Waals surface area contributed by atoms with Gasteiger partial charge in [-0.05, 0) is 43.9 Å². The van der Waals surface area contributed by atoms with Crippen LogP contribution in [0.25, 0.3) is 0 Å². The number of aromatic nitrogens is 3. The van der Waals surface area contributed by atoms with Crippen LogP contribution in [0.5, 0.6) is 5.75 Å². The van der Waals surface area contributed by atoms with Crippen LogP contribution in [0.1, 0.15) is 57.3 Å². The van der Waals surface area contributed by atoms with Crippen molar-refractivity contribution in [3.05, 3.63) is 71.8 Å². The number of unbranched alkanes of at least 4 members (excludes halogenated alkanes) is 3. The summed E-state index contributed by atoms with van der Waals surface area (Å²) < 4.78 is 21.6. The Hall–Kier alpha value is -2.87. The average molecular weight is 499 g/mol. The second kappa shape index (κ2) is 14.5. The number of amides is 1. The molecule has 0 fully saturated rings. The maximum absolute atomic E-state index is 13.9. The fourth-order valence-corrected chi connectivity index (χ4v) is 4.50. The van der Waals surface area contributed by atoms with Crippen molar-refractivity contribution in [1.29, 1.82) is 0 Å². The van der Waals surface area contributed by atoms with Gasteiger partial charge in [-0.3, -0.25) is 4.79 Å². The van der Waals surface area contributed by atoms with Crippen molar-refractivity contribution in [3.8, 4) is 5.75 Å². The summed E-state index contributed by atoms with van der Waals surface area (Å²) in [7, 11) is 0. The van der Waals surface area contributed by atoms with Crippen LogP contribution >= 0.6 is 11.8 Å². The number of benzene rings is 2. The summed E-state index contributed by atoms with van der Waals surface area (Å²) in [4.78, 5) is 12.5. The van der Waals surface area contributed by atoms with Crippen molar-refractivity contribution in [1.82, 2.24) is 20.1 Å². The molecule has 1 amide bonds. The Morgan fingerprint density at radius 3 is 2.63 bits per heavy atom. The summed E-state index contributed by atoms with van der Waals surface area (Å²) in [6.07, 6.45) is 6.20. The monoisotopic (exact) mass is 498 g/mol. The van der Waals surface area contributed by atoms with Gasteiger partial charge in [0.2, 0.25) is 5.91 Å². The summed E-state index contributed by atoms with van der Waals surface area (Å²) in [5.74, 6) is 0.640. The number of nitrogens with zero attached hydrogens (tertiary/aromatic N) is 3. The quantitative estimate of drug-likeness (QED) is 0.212. The maximum atomic E-state index is 13.9. The first-order valence-electron chi connectivity index (χ1n) is 12.3. The molecule has 8 heteroatoms. The number of hydrogen-bond acceptors (Lipinski definition) is 5. The molecule has 0 aliphatic heterocycles. The number of aryl methyl sites for hydroxylation is 1. The normalized spacial score (nSPS) is 11.9. The predicted molar refractivity (Wildman–Crippen MR) is 138 cm³/mol. The van der Waals surface area contributed by atoms with E-state index in [9.17, 15) is 9.18 Å². The van der Waals surface area contributed by atoms with E-state index in [0.717, 1.165) is 45.1 Å². The Morgan fingerprint density at radius 1 is 1.09 bits per heavy atom. The molecule has 0 radical (unpaired) electrons. The van der Waals surface area contributed by atoms with Crippen LogP contribution in [0.2, 0.25) is 0 Å². The predicted octanol–water partition coefficient (Wildman–Crippen LogP) is 5.81. The molecule has 0 spiro atoms. The number of carbonyl (C=O) groups is 1. The van der Waals surface area contributed by atoms with Gasteiger partial charge in [0.15, 0.2) is 22.5 Å². The lowest BCUT2D eigenvalue weighted by molar-refractivity contribution is -0.119. The number of halogens is 1. The molecular weight excluding hydrogens is 463 g/mol. The van der Waals surface area contributed by atoms with E-state index in [1.54, 1.807) is 18.2 Å². The molecule has 0 saturated heterocycles. The Balaban J connectivity index is 1.54. The van der Waals surface area contributed by atoms with Crippen LogP contribution < -0.4 is 10.1 Å². The fourth-order valence-electron chi connectivity index (χ4n) is 3.70. The van der Waals surface area contributed by atoms with Crippen molar-refractivity contribution in [3.63, 3.8) is 0 Å². The van der Waals surface area contributed by atoms with E-state index < -0.39 is 5.82 Å². The van der Waals surface area contributed by atoms with E-state index in [2.05, 4.69) is 34.6 Å². The molecule has 35 heavy (non-hydrogen) atoms. The van der Waals surface area contributed by atoms with E-state index in [-0.39, 0.29) is 30.1 Å². The maximum Gasteiger partial charge on any atom is 0.230 e. The van der Waals surface area contributed by atoms with Gasteiger partial charge in [0.05, 0.1) is 5.75 Å². The first kappa shape index (κ1) is 26.7. The van der Waals surface area contributed by atoms with Gasteiger partial charge < -0.3 is 14.6 Å². The second-order valence-corrected chi connectivity index (χ2v) is 9.55. The number of para-hydroxylation sites is 1. The van der Waals surface area contributed by atoms with Crippen LogP contribution in [0.15, 0.2) is 59.8 Å². The molecule has 0 aliphatic rings. The van der Waals surface area contributed by atoms with Gasteiger partial charge in [0.25, 0.3) is 0 Å². The highest BCUT2D eigenvalue weighted by Crippen LogP contribution is 2.21. The minimum atomic E-state index is -0.408. The van der Waals surface area contributed by atoms with Gasteiger partial charge in [-0.1, -0.05) is 80.4 Å². The molecule has 2 aromatic carbocycles. The lowest BCUT2D eigenvalue weighted by Gasteiger charge is -2.14. The Morgan fingerprint density at radius 2 is 1.86 bits per heavy atom. The molecule has 0 saturated carbocycles. The summed E-state index contributed by atoms with van der Waals surface area (Å²) in [6.45, 7) is 5.05. The molecule has 1 N–H and O–H groups in total. The Labute approximate surface area is 211 Å². The first-order chi connectivity index (χ1) is 17.1. The zero-order valence-electron chi connectivity index (χ0n) is 20.6. The smallest absolute Gasteiger partial charge is 0.230 e. The molecule has 0 aliphatic carbocycles. The zero-order valence-corrected chi connectivity index (χ0v) is 21.4. The molecule has 0 bridgehead atoms. The molecule has 6 nitrogen and oxygen atoms in total. The summed E-state index contributed by atoms with van der Waals surface area (Å²) in [6, 6.07) is 16.7. The van der Waals surface area contributed by atoms with E-state index >= 15 is 0 Å². The zero-order chi connectivity index (χ0) is 24.9. The Kier molecular flexibility index (Phi) is 11.1. The highest BCUT2D eigenvalue weighted by molar-refractivity contribution is 7.99. The molecule has 1 heterocycles. The number of rotatable bonds is 15. The lowest BCUT2D eigenvalue weighted by Crippen LogP contribution is -2.34. The summed E-state index contributed by atoms with van der Waals surface area (Å²) >= 11 is 1.37. The van der Waals surface area contributed by atoms with Crippen molar-refractivity contribution < 1.29 is 13.9 Å². The van der Waals surface area contributed by atoms with Crippen LogP contribution in [0, 0.1) is 5.82 Å². The number of ether oxygens (including phenoxy) is 1. The highest BCUT2D eigenvalue weighted by Gasteiger charge is 2.16. The molecule has 1 aromatic heterocycles. The molecule has 3 rings (SSSR count). The number of thioether (sulfide) groups is 1. The molecule has 0 unspecified atom stereocenters. The molecule has 1 atom stereocenters. The molecule has 3 aromatic rings. The average Bonchev–Trinajstić information content (AvgIpc) is 3.25. The van der Waals surface area contributed by atoms with Crippen molar-refractivity contribution in [2.75, 3.05) is 5.75 Å². The van der Waals surface area contributed by atoms with Crippen molar-refractivity contribution in [2.45, 2.75) is 76.7 Å². The van der Waals surface area contributed by atoms with Crippen LogP contribution in [-0.2, 0) is 24.4 Å². The van der Waals surface area contributed by atoms with Crippen LogP contribution in [0.4, 0.5) is 4.39 Å². The summed E-state index contributed by atoms with van der Waals surface area (Å²) in [5, 5.41) is 12.3. The van der Waals surface area contributed by atoms with Gasteiger partial charge >= 0.3 is 0 Å². The van der Waals surface area contributed by atoms with Crippen molar-refractivity contribution >= 4 is 17.7 Å². The third-order valence-corrected chi connectivity index (χ3v) is 6.64. The van der Waals surface area contributed by atoms with Gasteiger partial charge in [-0.2, -0.15) is 0 Å². The third kappa shape index (κ3) is 9.02. The second-order valence-electron chi connectivity index (χ2n) is 8.61. The molecule has 188 valence electrons. The van der Waals surface area contributed by atoms with Crippen LogP contribution in [0.3, 0.4) is 0 Å². The Bertz CT molecular complexity index is 1040. The lowest BCUT2D eigenvalue weighted by atomic mass is 10.1. The first-order valence-corrected chi connectivity index (χ1v) is 13.3. The minimum absolute atomic E-state index is 0.0275. The largest absolute Gasteiger partial charge is 0.483 e. The standard InChI is InChI=1S/C27H35FN4O2S/c1-3-4-5-11-18-32-25(19-34-24-15-10-9-14-23(24)28)30-31-27(32)35-20-26(33)29-21(2)16-17-22-12-7-6-8-13-22/h6-10,12-15,21H,3-5,11,16-20H2,1-2H3,(H,29,33)/t21-/m1/s1. The van der Waals surface area contributed by atoms with E-state index in [1.165, 1.54) is 23.4 Å². The van der Waals surface area contributed by atoms with Gasteiger partial charge in [-0.25, -0.2) is 4.39 Å².